The summed E-state index contributed by atoms with van der Waals surface area (Å²) in [5, 5.41) is 0. The summed E-state index contributed by atoms with van der Waals surface area (Å²) < 4.78 is 26.1. The highest BCUT2D eigenvalue weighted by Gasteiger charge is 2.21. The van der Waals surface area contributed by atoms with Gasteiger partial charge < -0.3 is 9.80 Å². The van der Waals surface area contributed by atoms with Crippen molar-refractivity contribution in [2.45, 2.75) is 4.90 Å². The van der Waals surface area contributed by atoms with Crippen LogP contribution < -0.4 is 9.80 Å². The van der Waals surface area contributed by atoms with E-state index < -0.39 is 9.84 Å². The first kappa shape index (κ1) is 30.2. The average Bonchev–Trinajstić information content (AvgIpc) is 3.58. The Morgan fingerprint density at radius 1 is 0.426 bits per heavy atom. The van der Waals surface area contributed by atoms with Gasteiger partial charge in [0.1, 0.15) is 0 Å². The SMILES string of the molecule is CS(=O)(=O)c1cc(-c2ccc(N(c3ccccc3)c3ccccc3)cc2)sc1-c1ccc(N(c2ccccc2)c2ccccc2)cc1. The number of sulfone groups is 1. The molecule has 230 valence electrons. The van der Waals surface area contributed by atoms with E-state index in [1.165, 1.54) is 17.6 Å². The zero-order valence-electron chi connectivity index (χ0n) is 25.8. The Bertz CT molecular complexity index is 2100. The number of hydrogen-bond donors (Lipinski definition) is 0. The minimum atomic E-state index is -3.48. The molecule has 7 rings (SSSR count). The topological polar surface area (TPSA) is 40.6 Å². The molecular weight excluding hydrogens is 617 g/mol. The lowest BCUT2D eigenvalue weighted by atomic mass is 10.1. The predicted molar refractivity (Wildman–Crippen MR) is 198 cm³/mol. The number of thiophene rings is 1. The minimum Gasteiger partial charge on any atom is -0.311 e. The molecule has 0 spiro atoms. The molecule has 0 saturated carbocycles. The number of nitrogens with zero attached hydrogens (tertiary/aromatic N) is 2. The molecule has 0 aliphatic carbocycles. The maximum atomic E-state index is 13.1. The summed E-state index contributed by atoms with van der Waals surface area (Å²) in [7, 11) is -3.48. The molecule has 0 radical (unpaired) electrons. The van der Waals surface area contributed by atoms with Gasteiger partial charge in [-0.05, 0) is 90.0 Å². The first-order chi connectivity index (χ1) is 23.0. The normalized spacial score (nSPS) is 11.3. The molecule has 1 heterocycles. The number of hydrogen-bond acceptors (Lipinski definition) is 5. The first-order valence-corrected chi connectivity index (χ1v) is 18.0. The van der Waals surface area contributed by atoms with Gasteiger partial charge in [0.25, 0.3) is 0 Å². The molecule has 1 aromatic heterocycles. The van der Waals surface area contributed by atoms with Gasteiger partial charge in [0.15, 0.2) is 9.84 Å². The van der Waals surface area contributed by atoms with E-state index in [1.807, 2.05) is 91.0 Å². The fourth-order valence-corrected chi connectivity index (χ4v) is 8.24. The molecule has 7 aromatic rings. The Labute approximate surface area is 280 Å². The van der Waals surface area contributed by atoms with Crippen molar-refractivity contribution in [3.05, 3.63) is 176 Å². The van der Waals surface area contributed by atoms with Crippen molar-refractivity contribution >= 4 is 55.3 Å². The third-order valence-corrected chi connectivity index (χ3v) is 10.4. The summed E-state index contributed by atoms with van der Waals surface area (Å²) in [6, 6.07) is 59.2. The van der Waals surface area contributed by atoms with Crippen molar-refractivity contribution < 1.29 is 8.42 Å². The molecule has 0 unspecified atom stereocenters. The molecule has 0 saturated heterocycles. The van der Waals surface area contributed by atoms with Crippen LogP contribution in [0.15, 0.2) is 181 Å². The van der Waals surface area contributed by atoms with E-state index in [0.29, 0.717) is 4.90 Å². The summed E-state index contributed by atoms with van der Waals surface area (Å²) in [5.41, 5.74) is 8.04. The van der Waals surface area contributed by atoms with E-state index in [0.717, 1.165) is 55.0 Å². The van der Waals surface area contributed by atoms with Crippen molar-refractivity contribution in [2.75, 3.05) is 16.1 Å². The highest BCUT2D eigenvalue weighted by atomic mass is 32.2. The van der Waals surface area contributed by atoms with E-state index >= 15 is 0 Å². The number of benzene rings is 6. The molecule has 0 aliphatic rings. The molecule has 6 aromatic carbocycles. The Morgan fingerprint density at radius 2 is 0.745 bits per heavy atom. The van der Waals surface area contributed by atoms with Crippen LogP contribution in [0.25, 0.3) is 20.9 Å². The highest BCUT2D eigenvalue weighted by Crippen LogP contribution is 2.43. The van der Waals surface area contributed by atoms with Gasteiger partial charge in [0.2, 0.25) is 0 Å². The lowest BCUT2D eigenvalue weighted by molar-refractivity contribution is 0.602. The number of para-hydroxylation sites is 4. The molecule has 0 fully saturated rings. The van der Waals surface area contributed by atoms with Crippen molar-refractivity contribution in [3.8, 4) is 20.9 Å². The molecule has 47 heavy (non-hydrogen) atoms. The molecule has 4 nitrogen and oxygen atoms in total. The molecule has 0 amide bonds. The lowest BCUT2D eigenvalue weighted by Gasteiger charge is -2.25. The third-order valence-electron chi connectivity index (χ3n) is 7.95. The van der Waals surface area contributed by atoms with Gasteiger partial charge in [-0.1, -0.05) is 97.1 Å². The lowest BCUT2D eigenvalue weighted by Crippen LogP contribution is -2.09. The van der Waals surface area contributed by atoms with Crippen LogP contribution in [0.1, 0.15) is 0 Å². The van der Waals surface area contributed by atoms with E-state index in [1.54, 1.807) is 0 Å². The smallest absolute Gasteiger partial charge is 0.176 e. The van der Waals surface area contributed by atoms with Gasteiger partial charge in [-0.2, -0.15) is 0 Å². The second-order valence-corrected chi connectivity index (χ2v) is 14.2. The fourth-order valence-electron chi connectivity index (χ4n) is 5.73. The van der Waals surface area contributed by atoms with Crippen LogP contribution in [-0.4, -0.2) is 14.7 Å². The van der Waals surface area contributed by atoms with Crippen LogP contribution in [-0.2, 0) is 9.84 Å². The molecule has 0 bridgehead atoms. The van der Waals surface area contributed by atoms with Gasteiger partial charge in [0.05, 0.1) is 9.77 Å². The number of rotatable bonds is 9. The van der Waals surface area contributed by atoms with Crippen LogP contribution in [0.3, 0.4) is 0 Å². The molecule has 0 N–H and O–H groups in total. The summed E-state index contributed by atoms with van der Waals surface area (Å²) >= 11 is 1.50. The fraction of sp³-hybridized carbons (Fsp3) is 0.0244. The van der Waals surface area contributed by atoms with Crippen LogP contribution in [0.4, 0.5) is 34.1 Å². The van der Waals surface area contributed by atoms with Crippen molar-refractivity contribution in [3.63, 3.8) is 0 Å². The molecule has 6 heteroatoms. The minimum absolute atomic E-state index is 0.340. The van der Waals surface area contributed by atoms with Crippen LogP contribution in [0.2, 0.25) is 0 Å². The van der Waals surface area contributed by atoms with E-state index in [9.17, 15) is 8.42 Å². The summed E-state index contributed by atoms with van der Waals surface area (Å²) in [5.74, 6) is 0. The Kier molecular flexibility index (Phi) is 8.44. The zero-order valence-corrected chi connectivity index (χ0v) is 27.4. The second-order valence-electron chi connectivity index (χ2n) is 11.2. The van der Waals surface area contributed by atoms with Gasteiger partial charge in [-0.3, -0.25) is 0 Å². The van der Waals surface area contributed by atoms with E-state index in [4.69, 9.17) is 0 Å². The average molecular weight is 649 g/mol. The maximum absolute atomic E-state index is 13.1. The maximum Gasteiger partial charge on any atom is 0.176 e. The summed E-state index contributed by atoms with van der Waals surface area (Å²) in [4.78, 5) is 6.38. The number of anilines is 6. The zero-order chi connectivity index (χ0) is 32.2. The van der Waals surface area contributed by atoms with E-state index in [2.05, 4.69) is 94.7 Å². The Balaban J connectivity index is 1.24. The Hall–Kier alpha value is -5.43. The van der Waals surface area contributed by atoms with E-state index in [-0.39, 0.29) is 0 Å². The molecular formula is C41H32N2O2S2. The first-order valence-electron chi connectivity index (χ1n) is 15.3. The monoisotopic (exact) mass is 648 g/mol. The second kappa shape index (κ2) is 13.1. The van der Waals surface area contributed by atoms with Gasteiger partial charge >= 0.3 is 0 Å². The van der Waals surface area contributed by atoms with Crippen molar-refractivity contribution in [1.82, 2.24) is 0 Å². The quantitative estimate of drug-likeness (QED) is 0.156. The van der Waals surface area contributed by atoms with Gasteiger partial charge in [-0.25, -0.2) is 8.42 Å². The largest absolute Gasteiger partial charge is 0.311 e. The Morgan fingerprint density at radius 3 is 1.09 bits per heavy atom. The highest BCUT2D eigenvalue weighted by molar-refractivity contribution is 7.91. The third kappa shape index (κ3) is 6.47. The van der Waals surface area contributed by atoms with Crippen molar-refractivity contribution in [2.24, 2.45) is 0 Å². The molecule has 0 atom stereocenters. The predicted octanol–water partition coefficient (Wildman–Crippen LogP) is 11.4. The van der Waals surface area contributed by atoms with Crippen LogP contribution in [0.5, 0.6) is 0 Å². The van der Waals surface area contributed by atoms with Crippen LogP contribution in [0, 0.1) is 0 Å². The van der Waals surface area contributed by atoms with Crippen LogP contribution >= 0.6 is 11.3 Å². The standard InChI is InChI=1S/C41H32N2O2S2/c1-47(44,45)40-30-39(31-22-26-37(27-23-31)42(33-14-6-2-7-15-33)34-16-8-3-9-17-34)46-41(40)32-24-28-38(29-25-32)43(35-18-10-4-11-19-35)36-20-12-5-13-21-36/h2-30H,1H3. The van der Waals surface area contributed by atoms with Crippen molar-refractivity contribution in [1.29, 1.82) is 0 Å². The summed E-state index contributed by atoms with van der Waals surface area (Å²) in [6.45, 7) is 0. The van der Waals surface area contributed by atoms with Gasteiger partial charge in [0, 0.05) is 45.3 Å². The summed E-state index contributed by atoms with van der Waals surface area (Å²) in [6.07, 6.45) is 1.28. The molecule has 0 aliphatic heterocycles. The van der Waals surface area contributed by atoms with Gasteiger partial charge in [-0.15, -0.1) is 11.3 Å².